The first kappa shape index (κ1) is 10.6. The third-order valence-electron chi connectivity index (χ3n) is 2.84. The first-order valence-electron chi connectivity index (χ1n) is 5.46. The van der Waals surface area contributed by atoms with Gasteiger partial charge in [0.25, 0.3) is 0 Å². The summed E-state index contributed by atoms with van der Waals surface area (Å²) in [5.41, 5.74) is 0. The number of rotatable bonds is 3. The Labute approximate surface area is 89.8 Å². The minimum Gasteiger partial charge on any atom is -0.338 e. The lowest BCUT2D eigenvalue weighted by atomic mass is 10.1. The van der Waals surface area contributed by atoms with Crippen LogP contribution in [0.1, 0.15) is 24.6 Å². The Morgan fingerprint density at radius 2 is 2.47 bits per heavy atom. The minimum absolute atomic E-state index is 0.600. The lowest BCUT2D eigenvalue weighted by Gasteiger charge is -2.31. The fraction of sp³-hybridized carbons (Fsp3) is 0.800. The third kappa shape index (κ3) is 2.76. The molecule has 15 heavy (non-hydrogen) atoms. The molecule has 1 unspecified atom stereocenters. The second kappa shape index (κ2) is 4.72. The zero-order chi connectivity index (χ0) is 10.7. The normalized spacial score (nSPS) is 23.2. The van der Waals surface area contributed by atoms with E-state index in [0.29, 0.717) is 11.9 Å². The van der Waals surface area contributed by atoms with Crippen molar-refractivity contribution in [3.05, 3.63) is 11.7 Å². The molecule has 2 rings (SSSR count). The number of hydrogen-bond donors (Lipinski definition) is 1. The highest BCUT2D eigenvalue weighted by Crippen LogP contribution is 2.12. The van der Waals surface area contributed by atoms with Gasteiger partial charge in [0.05, 0.1) is 6.54 Å². The van der Waals surface area contributed by atoms with E-state index < -0.39 is 0 Å². The molecule has 0 bridgehead atoms. The van der Waals surface area contributed by atoms with Gasteiger partial charge in [-0.05, 0) is 33.4 Å². The van der Waals surface area contributed by atoms with E-state index in [0.717, 1.165) is 25.5 Å². The molecule has 1 saturated heterocycles. The van der Waals surface area contributed by atoms with E-state index in [2.05, 4.69) is 20.4 Å². The molecule has 0 amide bonds. The van der Waals surface area contributed by atoms with Crippen LogP contribution in [0.4, 0.5) is 0 Å². The maximum Gasteiger partial charge on any atom is 0.240 e. The average Bonchev–Trinajstić information content (AvgIpc) is 2.64. The molecule has 0 aromatic carbocycles. The minimum atomic E-state index is 0.600. The van der Waals surface area contributed by atoms with E-state index in [4.69, 9.17) is 4.52 Å². The Morgan fingerprint density at radius 1 is 1.60 bits per heavy atom. The molecular weight excluding hydrogens is 192 g/mol. The van der Waals surface area contributed by atoms with Gasteiger partial charge in [-0.25, -0.2) is 0 Å². The van der Waals surface area contributed by atoms with Crippen LogP contribution in [-0.2, 0) is 6.54 Å². The van der Waals surface area contributed by atoms with Crippen LogP contribution in [0, 0.1) is 6.92 Å². The maximum absolute atomic E-state index is 5.11. The van der Waals surface area contributed by atoms with Crippen molar-refractivity contribution in [2.75, 3.05) is 20.1 Å². The summed E-state index contributed by atoms with van der Waals surface area (Å²) in [6.45, 7) is 4.82. The number of aromatic nitrogens is 2. The monoisotopic (exact) mass is 210 g/mol. The SMILES string of the molecule is CNC1CCCN(Cc2nc(C)no2)C1. The van der Waals surface area contributed by atoms with Crippen molar-refractivity contribution in [1.82, 2.24) is 20.4 Å². The molecule has 1 atom stereocenters. The molecule has 2 heterocycles. The van der Waals surface area contributed by atoms with Gasteiger partial charge in [-0.3, -0.25) is 4.90 Å². The molecule has 84 valence electrons. The van der Waals surface area contributed by atoms with Gasteiger partial charge in [-0.1, -0.05) is 5.16 Å². The lowest BCUT2D eigenvalue weighted by Crippen LogP contribution is -2.43. The standard InChI is InChI=1S/C10H18N4O/c1-8-12-10(15-13-8)7-14-5-3-4-9(6-14)11-2/h9,11H,3-7H2,1-2H3. The fourth-order valence-corrected chi connectivity index (χ4v) is 2.03. The van der Waals surface area contributed by atoms with E-state index >= 15 is 0 Å². The van der Waals surface area contributed by atoms with Crippen LogP contribution in [0.25, 0.3) is 0 Å². The average molecular weight is 210 g/mol. The predicted octanol–water partition coefficient (Wildman–Crippen LogP) is 0.562. The van der Waals surface area contributed by atoms with Crippen molar-refractivity contribution >= 4 is 0 Å². The Kier molecular flexibility index (Phi) is 3.33. The van der Waals surface area contributed by atoms with Crippen LogP contribution in [0.3, 0.4) is 0 Å². The maximum atomic E-state index is 5.11. The highest BCUT2D eigenvalue weighted by Gasteiger charge is 2.19. The number of hydrogen-bond acceptors (Lipinski definition) is 5. The first-order valence-corrected chi connectivity index (χ1v) is 5.46. The van der Waals surface area contributed by atoms with E-state index in [1.165, 1.54) is 12.8 Å². The van der Waals surface area contributed by atoms with Gasteiger partial charge in [0.15, 0.2) is 5.82 Å². The van der Waals surface area contributed by atoms with Crippen molar-refractivity contribution < 1.29 is 4.52 Å². The van der Waals surface area contributed by atoms with Crippen molar-refractivity contribution in [1.29, 1.82) is 0 Å². The summed E-state index contributed by atoms with van der Waals surface area (Å²) in [5, 5.41) is 7.11. The summed E-state index contributed by atoms with van der Waals surface area (Å²) in [7, 11) is 2.02. The van der Waals surface area contributed by atoms with Crippen LogP contribution in [0.2, 0.25) is 0 Å². The Morgan fingerprint density at radius 3 is 3.13 bits per heavy atom. The van der Waals surface area contributed by atoms with Crippen molar-refractivity contribution in [3.63, 3.8) is 0 Å². The molecule has 5 nitrogen and oxygen atoms in total. The van der Waals surface area contributed by atoms with Crippen molar-refractivity contribution in [2.45, 2.75) is 32.4 Å². The Balaban J connectivity index is 1.88. The highest BCUT2D eigenvalue weighted by atomic mass is 16.5. The number of nitrogens with one attached hydrogen (secondary N) is 1. The van der Waals surface area contributed by atoms with Crippen LogP contribution in [0.15, 0.2) is 4.52 Å². The third-order valence-corrected chi connectivity index (χ3v) is 2.84. The summed E-state index contributed by atoms with van der Waals surface area (Å²) >= 11 is 0. The summed E-state index contributed by atoms with van der Waals surface area (Å²) in [5.74, 6) is 1.44. The topological polar surface area (TPSA) is 54.2 Å². The molecule has 1 N–H and O–H groups in total. The number of piperidine rings is 1. The van der Waals surface area contributed by atoms with E-state index in [1.54, 1.807) is 0 Å². The Bertz CT molecular complexity index is 312. The highest BCUT2D eigenvalue weighted by molar-refractivity contribution is 4.85. The fourth-order valence-electron chi connectivity index (χ4n) is 2.03. The van der Waals surface area contributed by atoms with Gasteiger partial charge >= 0.3 is 0 Å². The zero-order valence-corrected chi connectivity index (χ0v) is 9.36. The van der Waals surface area contributed by atoms with Crippen LogP contribution < -0.4 is 5.32 Å². The Hall–Kier alpha value is -0.940. The molecule has 0 saturated carbocycles. The molecule has 1 aliphatic heterocycles. The van der Waals surface area contributed by atoms with E-state index in [9.17, 15) is 0 Å². The van der Waals surface area contributed by atoms with Crippen LogP contribution in [0.5, 0.6) is 0 Å². The van der Waals surface area contributed by atoms with Crippen LogP contribution >= 0.6 is 0 Å². The molecule has 0 aliphatic carbocycles. The molecular formula is C10H18N4O. The first-order chi connectivity index (χ1) is 7.28. The summed E-state index contributed by atoms with van der Waals surface area (Å²) in [4.78, 5) is 6.57. The van der Waals surface area contributed by atoms with Crippen molar-refractivity contribution in [3.8, 4) is 0 Å². The number of nitrogens with zero attached hydrogens (tertiary/aromatic N) is 3. The summed E-state index contributed by atoms with van der Waals surface area (Å²) < 4.78 is 5.11. The number of likely N-dealkylation sites (N-methyl/N-ethyl adjacent to an activating group) is 1. The van der Waals surface area contributed by atoms with Gasteiger partial charge < -0.3 is 9.84 Å². The van der Waals surface area contributed by atoms with Gasteiger partial charge in [-0.2, -0.15) is 4.98 Å². The van der Waals surface area contributed by atoms with E-state index in [1.807, 2.05) is 14.0 Å². The smallest absolute Gasteiger partial charge is 0.240 e. The van der Waals surface area contributed by atoms with Crippen molar-refractivity contribution in [2.24, 2.45) is 0 Å². The zero-order valence-electron chi connectivity index (χ0n) is 9.36. The number of aryl methyl sites for hydroxylation is 1. The lowest BCUT2D eigenvalue weighted by molar-refractivity contribution is 0.167. The second-order valence-corrected chi connectivity index (χ2v) is 4.10. The van der Waals surface area contributed by atoms with Gasteiger partial charge in [0.2, 0.25) is 5.89 Å². The van der Waals surface area contributed by atoms with Gasteiger partial charge in [0.1, 0.15) is 0 Å². The number of likely N-dealkylation sites (tertiary alicyclic amines) is 1. The molecule has 1 aliphatic rings. The van der Waals surface area contributed by atoms with Gasteiger partial charge in [-0.15, -0.1) is 0 Å². The second-order valence-electron chi connectivity index (χ2n) is 4.10. The molecule has 1 fully saturated rings. The largest absolute Gasteiger partial charge is 0.338 e. The van der Waals surface area contributed by atoms with Crippen LogP contribution in [-0.4, -0.2) is 41.2 Å². The molecule has 1 aromatic heterocycles. The molecule has 5 heteroatoms. The summed E-state index contributed by atoms with van der Waals surface area (Å²) in [6.07, 6.45) is 2.49. The molecule has 1 aromatic rings. The quantitative estimate of drug-likeness (QED) is 0.790. The van der Waals surface area contributed by atoms with Gasteiger partial charge in [0, 0.05) is 12.6 Å². The predicted molar refractivity (Wildman–Crippen MR) is 56.4 cm³/mol. The van der Waals surface area contributed by atoms with E-state index in [-0.39, 0.29) is 0 Å². The molecule has 0 radical (unpaired) electrons. The molecule has 0 spiro atoms. The summed E-state index contributed by atoms with van der Waals surface area (Å²) in [6, 6.07) is 0.600.